The summed E-state index contributed by atoms with van der Waals surface area (Å²) in [5.74, 6) is 0.645. The Morgan fingerprint density at radius 2 is 2.04 bits per heavy atom. The van der Waals surface area contributed by atoms with Crippen LogP contribution in [0.15, 0.2) is 42.6 Å². The average Bonchev–Trinajstić information content (AvgIpc) is 2.63. The summed E-state index contributed by atoms with van der Waals surface area (Å²) in [5.41, 5.74) is 2.57. The van der Waals surface area contributed by atoms with Crippen LogP contribution >= 0.6 is 0 Å². The van der Waals surface area contributed by atoms with Crippen molar-refractivity contribution in [1.29, 1.82) is 0 Å². The van der Waals surface area contributed by atoms with Crippen LogP contribution in [-0.4, -0.2) is 27.4 Å². The van der Waals surface area contributed by atoms with E-state index in [9.17, 15) is 10.1 Å². The molecule has 0 aliphatic carbocycles. The Hall–Kier alpha value is -2.47. The molecule has 0 radical (unpaired) electrons. The molecule has 6 nitrogen and oxygen atoms in total. The van der Waals surface area contributed by atoms with Crippen LogP contribution < -0.4 is 5.32 Å². The van der Waals surface area contributed by atoms with Gasteiger partial charge in [-0.15, -0.1) is 0 Å². The highest BCUT2D eigenvalue weighted by atomic mass is 16.6. The smallest absolute Gasteiger partial charge is 0.287 e. The summed E-state index contributed by atoms with van der Waals surface area (Å²) in [6, 6.07) is 12.2. The van der Waals surface area contributed by atoms with Gasteiger partial charge in [0.1, 0.15) is 12.0 Å². The van der Waals surface area contributed by atoms with Gasteiger partial charge in [0.15, 0.2) is 0 Å². The summed E-state index contributed by atoms with van der Waals surface area (Å²) in [7, 11) is 0. The van der Waals surface area contributed by atoms with Crippen molar-refractivity contribution >= 4 is 11.5 Å². The van der Waals surface area contributed by atoms with Gasteiger partial charge in [-0.05, 0) is 43.5 Å². The van der Waals surface area contributed by atoms with Gasteiger partial charge >= 0.3 is 0 Å². The normalized spacial score (nSPS) is 18.0. The van der Waals surface area contributed by atoms with Crippen molar-refractivity contribution in [3.8, 4) is 0 Å². The molecule has 0 saturated carbocycles. The number of nitrogens with zero attached hydrogens (tertiary/aromatic N) is 3. The number of hydrogen-bond acceptors (Lipinski definition) is 5. The first kappa shape index (κ1) is 17.4. The second-order valence-electron chi connectivity index (χ2n) is 6.60. The van der Waals surface area contributed by atoms with Gasteiger partial charge in [-0.1, -0.05) is 30.7 Å². The fourth-order valence-corrected chi connectivity index (χ4v) is 3.28. The molecule has 1 aromatic heterocycles. The number of piperidine rings is 1. The van der Waals surface area contributed by atoms with E-state index in [-0.39, 0.29) is 5.69 Å². The summed E-state index contributed by atoms with van der Waals surface area (Å²) < 4.78 is 0. The Morgan fingerprint density at radius 1 is 1.24 bits per heavy atom. The molecule has 1 aliphatic rings. The number of anilines is 1. The van der Waals surface area contributed by atoms with Gasteiger partial charge in [0.05, 0.1) is 4.92 Å². The molecule has 6 heteroatoms. The maximum atomic E-state index is 10.7. The van der Waals surface area contributed by atoms with Crippen molar-refractivity contribution in [2.45, 2.75) is 45.3 Å². The van der Waals surface area contributed by atoms with Crippen LogP contribution in [0.5, 0.6) is 0 Å². The van der Waals surface area contributed by atoms with Crippen LogP contribution in [0.3, 0.4) is 0 Å². The van der Waals surface area contributed by atoms with E-state index in [1.54, 1.807) is 6.07 Å². The average molecular weight is 340 g/mol. The molecule has 1 atom stereocenters. The van der Waals surface area contributed by atoms with Crippen molar-refractivity contribution in [2.24, 2.45) is 0 Å². The molecular weight excluding hydrogens is 316 g/mol. The fraction of sp³-hybridized carbons (Fsp3) is 0.421. The number of hydrogen-bond donors (Lipinski definition) is 1. The molecule has 2 aromatic rings. The van der Waals surface area contributed by atoms with E-state index in [4.69, 9.17) is 0 Å². The molecule has 3 rings (SSSR count). The zero-order chi connectivity index (χ0) is 17.6. The first-order chi connectivity index (χ1) is 12.1. The molecule has 1 aliphatic heterocycles. The van der Waals surface area contributed by atoms with Crippen molar-refractivity contribution in [3.63, 3.8) is 0 Å². The van der Waals surface area contributed by atoms with Crippen molar-refractivity contribution in [1.82, 2.24) is 9.88 Å². The Labute approximate surface area is 148 Å². The zero-order valence-corrected chi connectivity index (χ0v) is 14.5. The van der Waals surface area contributed by atoms with E-state index in [1.165, 1.54) is 42.7 Å². The quantitative estimate of drug-likeness (QED) is 0.636. The van der Waals surface area contributed by atoms with Gasteiger partial charge in [0.2, 0.25) is 0 Å². The van der Waals surface area contributed by atoms with E-state index in [0.717, 1.165) is 13.1 Å². The molecule has 1 fully saturated rings. The second-order valence-corrected chi connectivity index (χ2v) is 6.60. The van der Waals surface area contributed by atoms with Gasteiger partial charge in [-0.3, -0.25) is 15.0 Å². The van der Waals surface area contributed by atoms with Crippen LogP contribution in [0, 0.1) is 10.1 Å². The molecule has 1 saturated heterocycles. The number of aromatic nitrogens is 1. The number of likely N-dealkylation sites (tertiary alicyclic amines) is 1. The highest BCUT2D eigenvalue weighted by molar-refractivity contribution is 5.41. The largest absolute Gasteiger partial charge is 0.366 e. The minimum absolute atomic E-state index is 0.00466. The lowest BCUT2D eigenvalue weighted by atomic mass is 10.0. The Balaban J connectivity index is 1.65. The van der Waals surface area contributed by atoms with Gasteiger partial charge < -0.3 is 5.32 Å². The maximum Gasteiger partial charge on any atom is 0.287 e. The van der Waals surface area contributed by atoms with Crippen LogP contribution in [0.4, 0.5) is 11.5 Å². The Kier molecular flexibility index (Phi) is 5.60. The third-order valence-corrected chi connectivity index (χ3v) is 4.85. The summed E-state index contributed by atoms with van der Waals surface area (Å²) in [4.78, 5) is 16.9. The topological polar surface area (TPSA) is 71.3 Å². The lowest BCUT2D eigenvalue weighted by molar-refractivity contribution is -0.385. The fourth-order valence-electron chi connectivity index (χ4n) is 3.28. The molecule has 2 heterocycles. The van der Waals surface area contributed by atoms with Gasteiger partial charge in [-0.25, -0.2) is 4.98 Å². The molecule has 1 unspecified atom stereocenters. The first-order valence-corrected chi connectivity index (χ1v) is 8.78. The second kappa shape index (κ2) is 8.07. The Morgan fingerprint density at radius 3 is 2.72 bits per heavy atom. The zero-order valence-electron chi connectivity index (χ0n) is 14.5. The number of benzene rings is 1. The van der Waals surface area contributed by atoms with Gasteiger partial charge in [0.25, 0.3) is 5.69 Å². The highest BCUT2D eigenvalue weighted by Crippen LogP contribution is 2.21. The highest BCUT2D eigenvalue weighted by Gasteiger charge is 2.19. The number of pyridine rings is 1. The summed E-state index contributed by atoms with van der Waals surface area (Å²) in [6.07, 6.45) is 5.15. The molecule has 0 bridgehead atoms. The molecule has 25 heavy (non-hydrogen) atoms. The van der Waals surface area contributed by atoms with Crippen molar-refractivity contribution in [2.75, 3.05) is 11.9 Å². The van der Waals surface area contributed by atoms with E-state index in [2.05, 4.69) is 40.3 Å². The predicted molar refractivity (Wildman–Crippen MR) is 98.4 cm³/mol. The summed E-state index contributed by atoms with van der Waals surface area (Å²) in [5, 5.41) is 14.0. The molecule has 0 amide bonds. The lowest BCUT2D eigenvalue weighted by Crippen LogP contribution is -2.37. The van der Waals surface area contributed by atoms with E-state index < -0.39 is 4.92 Å². The van der Waals surface area contributed by atoms with Crippen molar-refractivity contribution < 1.29 is 4.92 Å². The molecular formula is C19H24N4O2. The maximum absolute atomic E-state index is 10.7. The summed E-state index contributed by atoms with van der Waals surface area (Å²) >= 11 is 0. The van der Waals surface area contributed by atoms with Gasteiger partial charge in [-0.2, -0.15) is 0 Å². The number of nitrogens with one attached hydrogen (secondary N) is 1. The lowest BCUT2D eigenvalue weighted by Gasteiger charge is -2.33. The summed E-state index contributed by atoms with van der Waals surface area (Å²) in [6.45, 7) is 5.09. The molecule has 0 spiro atoms. The molecule has 1 N–H and O–H groups in total. The standard InChI is InChI=1S/C19H24N4O2/c1-15-6-4-5-11-22(15)14-17-8-3-2-7-16(17)12-20-19-10-9-18(13-21-19)23(24)25/h2-3,7-10,13,15H,4-6,11-12,14H2,1H3,(H,20,21). The number of nitro groups is 1. The molecule has 132 valence electrons. The third-order valence-electron chi connectivity index (χ3n) is 4.85. The SMILES string of the molecule is CC1CCCCN1Cc1ccccc1CNc1ccc([N+](=O)[O-])cn1. The van der Waals surface area contributed by atoms with Crippen molar-refractivity contribution in [3.05, 3.63) is 63.8 Å². The first-order valence-electron chi connectivity index (χ1n) is 8.78. The van der Waals surface area contributed by atoms with Crippen LogP contribution in [0.25, 0.3) is 0 Å². The molecule has 1 aromatic carbocycles. The monoisotopic (exact) mass is 340 g/mol. The predicted octanol–water partition coefficient (Wildman–Crippen LogP) is 3.98. The van der Waals surface area contributed by atoms with Crippen LogP contribution in [-0.2, 0) is 13.1 Å². The third kappa shape index (κ3) is 4.54. The van der Waals surface area contributed by atoms with Gasteiger partial charge in [0, 0.05) is 25.2 Å². The minimum Gasteiger partial charge on any atom is -0.366 e. The van der Waals surface area contributed by atoms with E-state index in [1.807, 2.05) is 6.07 Å². The van der Waals surface area contributed by atoms with E-state index >= 15 is 0 Å². The van der Waals surface area contributed by atoms with Crippen LogP contribution in [0.1, 0.15) is 37.3 Å². The minimum atomic E-state index is -0.439. The number of rotatable bonds is 6. The Bertz CT molecular complexity index is 718. The van der Waals surface area contributed by atoms with E-state index in [0.29, 0.717) is 18.4 Å². The van der Waals surface area contributed by atoms with Crippen LogP contribution in [0.2, 0.25) is 0 Å².